The van der Waals surface area contributed by atoms with Crippen LogP contribution in [0.5, 0.6) is 5.75 Å². The number of amides is 1. The lowest BCUT2D eigenvalue weighted by Crippen LogP contribution is -2.47. The topological polar surface area (TPSA) is 99.5 Å². The average molecular weight is 408 g/mol. The SMILES string of the molecule is CCOc1ccc(N(CCC#N)C(=O)C(C)NS(=O)(=O)c2cccs2)cc1. The molecule has 1 N–H and O–H groups in total. The van der Waals surface area contributed by atoms with Gasteiger partial charge in [-0.2, -0.15) is 9.98 Å². The van der Waals surface area contributed by atoms with Crippen molar-refractivity contribution in [1.82, 2.24) is 4.72 Å². The van der Waals surface area contributed by atoms with E-state index in [0.717, 1.165) is 11.3 Å². The normalized spacial score (nSPS) is 12.2. The molecule has 1 aromatic heterocycles. The van der Waals surface area contributed by atoms with Crippen LogP contribution >= 0.6 is 11.3 Å². The number of hydrogen-bond acceptors (Lipinski definition) is 6. The van der Waals surface area contributed by atoms with Crippen LogP contribution in [0.15, 0.2) is 46.0 Å². The molecule has 0 spiro atoms. The van der Waals surface area contributed by atoms with Crippen LogP contribution in [0.4, 0.5) is 5.69 Å². The van der Waals surface area contributed by atoms with Crippen molar-refractivity contribution in [2.75, 3.05) is 18.1 Å². The van der Waals surface area contributed by atoms with Gasteiger partial charge < -0.3 is 9.64 Å². The van der Waals surface area contributed by atoms with Crippen LogP contribution in [-0.4, -0.2) is 33.5 Å². The van der Waals surface area contributed by atoms with Crippen LogP contribution in [-0.2, 0) is 14.8 Å². The summed E-state index contributed by atoms with van der Waals surface area (Å²) < 4.78 is 32.7. The van der Waals surface area contributed by atoms with Gasteiger partial charge in [0.25, 0.3) is 10.0 Å². The molecular weight excluding hydrogens is 386 g/mol. The second-order valence-electron chi connectivity index (χ2n) is 5.60. The van der Waals surface area contributed by atoms with Crippen molar-refractivity contribution in [3.05, 3.63) is 41.8 Å². The summed E-state index contributed by atoms with van der Waals surface area (Å²) in [5, 5.41) is 10.5. The van der Waals surface area contributed by atoms with Crippen molar-refractivity contribution in [3.8, 4) is 11.8 Å². The van der Waals surface area contributed by atoms with Crippen molar-refractivity contribution in [1.29, 1.82) is 5.26 Å². The second-order valence-corrected chi connectivity index (χ2v) is 8.49. The predicted octanol–water partition coefficient (Wildman–Crippen LogP) is 2.76. The maximum Gasteiger partial charge on any atom is 0.250 e. The fourth-order valence-corrected chi connectivity index (χ4v) is 4.61. The number of sulfonamides is 1. The lowest BCUT2D eigenvalue weighted by Gasteiger charge is -2.25. The molecule has 9 heteroatoms. The van der Waals surface area contributed by atoms with E-state index in [9.17, 15) is 13.2 Å². The smallest absolute Gasteiger partial charge is 0.250 e. The molecule has 0 aliphatic heterocycles. The molecule has 0 saturated carbocycles. The standard InChI is InChI=1S/C18H21N3O4S2/c1-3-25-16-9-7-15(8-10-16)21(12-5-11-19)18(22)14(2)20-27(23,24)17-6-4-13-26-17/h4,6-10,13-14,20H,3,5,12H2,1-2H3. The van der Waals surface area contributed by atoms with Gasteiger partial charge in [0.15, 0.2) is 0 Å². The van der Waals surface area contributed by atoms with E-state index in [1.807, 2.05) is 13.0 Å². The lowest BCUT2D eigenvalue weighted by molar-refractivity contribution is -0.119. The van der Waals surface area contributed by atoms with Crippen LogP contribution in [0, 0.1) is 11.3 Å². The third-order valence-electron chi connectivity index (χ3n) is 3.63. The Morgan fingerprint density at radius 2 is 2.04 bits per heavy atom. The zero-order valence-corrected chi connectivity index (χ0v) is 16.7. The minimum Gasteiger partial charge on any atom is -0.494 e. The van der Waals surface area contributed by atoms with E-state index >= 15 is 0 Å². The van der Waals surface area contributed by atoms with Crippen LogP contribution in [0.2, 0.25) is 0 Å². The quantitative estimate of drug-likeness (QED) is 0.689. The summed E-state index contributed by atoms with van der Waals surface area (Å²) in [6.45, 7) is 4.05. The number of nitriles is 1. The number of thiophene rings is 1. The molecule has 1 atom stereocenters. The molecule has 1 aromatic carbocycles. The van der Waals surface area contributed by atoms with E-state index in [4.69, 9.17) is 10.00 Å². The molecule has 1 heterocycles. The first-order valence-electron chi connectivity index (χ1n) is 8.36. The summed E-state index contributed by atoms with van der Waals surface area (Å²) in [5.74, 6) is 0.231. The fraction of sp³-hybridized carbons (Fsp3) is 0.333. The summed E-state index contributed by atoms with van der Waals surface area (Å²) in [6.07, 6.45) is 0.128. The number of ether oxygens (including phenoxy) is 1. The monoisotopic (exact) mass is 407 g/mol. The first-order chi connectivity index (χ1) is 12.9. The van der Waals surface area contributed by atoms with E-state index in [-0.39, 0.29) is 17.2 Å². The molecule has 27 heavy (non-hydrogen) atoms. The van der Waals surface area contributed by atoms with Crippen molar-refractivity contribution < 1.29 is 17.9 Å². The molecule has 0 aliphatic rings. The molecule has 0 radical (unpaired) electrons. The maximum atomic E-state index is 12.9. The van der Waals surface area contributed by atoms with E-state index in [1.54, 1.807) is 35.7 Å². The summed E-state index contributed by atoms with van der Waals surface area (Å²) >= 11 is 1.08. The highest BCUT2D eigenvalue weighted by Crippen LogP contribution is 2.21. The van der Waals surface area contributed by atoms with Gasteiger partial charge in [0.1, 0.15) is 9.96 Å². The molecule has 2 aromatic rings. The number of anilines is 1. The largest absolute Gasteiger partial charge is 0.494 e. The zero-order chi connectivity index (χ0) is 19.9. The number of carbonyl (C=O) groups is 1. The second kappa shape index (κ2) is 9.50. The summed E-state index contributed by atoms with van der Waals surface area (Å²) in [4.78, 5) is 14.3. The van der Waals surface area contributed by atoms with Gasteiger partial charge in [-0.3, -0.25) is 4.79 Å². The van der Waals surface area contributed by atoms with Crippen LogP contribution in [0.25, 0.3) is 0 Å². The Labute approximate surface area is 163 Å². The maximum absolute atomic E-state index is 12.9. The van der Waals surface area contributed by atoms with Crippen molar-refractivity contribution in [2.45, 2.75) is 30.5 Å². The summed E-state index contributed by atoms with van der Waals surface area (Å²) in [7, 11) is -3.78. The van der Waals surface area contributed by atoms with Gasteiger partial charge in [-0.15, -0.1) is 11.3 Å². The van der Waals surface area contributed by atoms with E-state index in [1.165, 1.54) is 17.9 Å². The number of rotatable bonds is 9. The molecule has 0 fully saturated rings. The average Bonchev–Trinajstić information content (AvgIpc) is 3.19. The fourth-order valence-electron chi connectivity index (χ4n) is 2.41. The Morgan fingerprint density at radius 3 is 2.59 bits per heavy atom. The molecule has 2 rings (SSSR count). The van der Waals surface area contributed by atoms with Gasteiger partial charge in [-0.05, 0) is 49.6 Å². The number of hydrogen-bond donors (Lipinski definition) is 1. The Kier molecular flexibility index (Phi) is 7.36. The third-order valence-corrected chi connectivity index (χ3v) is 6.57. The molecule has 7 nitrogen and oxygen atoms in total. The van der Waals surface area contributed by atoms with E-state index < -0.39 is 22.0 Å². The molecule has 1 amide bonds. The van der Waals surface area contributed by atoms with Gasteiger partial charge in [0, 0.05) is 12.2 Å². The minimum atomic E-state index is -3.78. The van der Waals surface area contributed by atoms with E-state index in [0.29, 0.717) is 18.0 Å². The summed E-state index contributed by atoms with van der Waals surface area (Å²) in [5.41, 5.74) is 0.570. The molecule has 0 aliphatic carbocycles. The van der Waals surface area contributed by atoms with Crippen LogP contribution in [0.1, 0.15) is 20.3 Å². The first kappa shape index (κ1) is 20.9. The van der Waals surface area contributed by atoms with Gasteiger partial charge in [0.05, 0.1) is 25.1 Å². The van der Waals surface area contributed by atoms with Gasteiger partial charge >= 0.3 is 0 Å². The van der Waals surface area contributed by atoms with Crippen LogP contribution in [0.3, 0.4) is 0 Å². The Balaban J connectivity index is 2.19. The molecule has 1 unspecified atom stereocenters. The lowest BCUT2D eigenvalue weighted by atomic mass is 10.2. The van der Waals surface area contributed by atoms with Crippen molar-refractivity contribution in [2.24, 2.45) is 0 Å². The molecular formula is C18H21N3O4S2. The molecule has 0 saturated heterocycles. The highest BCUT2D eigenvalue weighted by atomic mass is 32.2. The number of nitrogens with zero attached hydrogens (tertiary/aromatic N) is 2. The number of nitrogens with one attached hydrogen (secondary N) is 1. The Hall–Kier alpha value is -2.41. The first-order valence-corrected chi connectivity index (χ1v) is 10.7. The number of carbonyl (C=O) groups excluding carboxylic acids is 1. The summed E-state index contributed by atoms with van der Waals surface area (Å²) in [6, 6.07) is 11.0. The van der Waals surface area contributed by atoms with Gasteiger partial charge in [-0.1, -0.05) is 6.07 Å². The molecule has 144 valence electrons. The number of benzene rings is 1. The van der Waals surface area contributed by atoms with Crippen LogP contribution < -0.4 is 14.4 Å². The van der Waals surface area contributed by atoms with Gasteiger partial charge in [0.2, 0.25) is 5.91 Å². The van der Waals surface area contributed by atoms with Crippen molar-refractivity contribution >= 4 is 33.0 Å². The predicted molar refractivity (Wildman–Crippen MR) is 104 cm³/mol. The Morgan fingerprint density at radius 1 is 1.33 bits per heavy atom. The highest BCUT2D eigenvalue weighted by Gasteiger charge is 2.27. The van der Waals surface area contributed by atoms with E-state index in [2.05, 4.69) is 4.72 Å². The highest BCUT2D eigenvalue weighted by molar-refractivity contribution is 7.91. The molecule has 0 bridgehead atoms. The van der Waals surface area contributed by atoms with Gasteiger partial charge in [-0.25, -0.2) is 8.42 Å². The Bertz CT molecular complexity index is 888. The minimum absolute atomic E-state index is 0.128. The third kappa shape index (κ3) is 5.53. The van der Waals surface area contributed by atoms with Crippen molar-refractivity contribution in [3.63, 3.8) is 0 Å². The zero-order valence-electron chi connectivity index (χ0n) is 15.1.